The van der Waals surface area contributed by atoms with Gasteiger partial charge in [-0.15, -0.1) is 0 Å². The van der Waals surface area contributed by atoms with Gasteiger partial charge in [0.1, 0.15) is 11.6 Å². The Morgan fingerprint density at radius 1 is 0.875 bits per heavy atom. The highest BCUT2D eigenvalue weighted by molar-refractivity contribution is 5.85. The van der Waals surface area contributed by atoms with E-state index >= 15 is 0 Å². The van der Waals surface area contributed by atoms with Crippen LogP contribution in [0.15, 0.2) is 124 Å². The van der Waals surface area contributed by atoms with Crippen molar-refractivity contribution in [3.8, 4) is 0 Å². The molecule has 0 saturated heterocycles. The lowest BCUT2D eigenvalue weighted by molar-refractivity contribution is -0.119. The predicted octanol–water partition coefficient (Wildman–Crippen LogP) is 16.3. The van der Waals surface area contributed by atoms with Crippen molar-refractivity contribution < 1.29 is 4.79 Å². The van der Waals surface area contributed by atoms with Crippen molar-refractivity contribution >= 4 is 11.6 Å². The molecule has 1 aromatic carbocycles. The van der Waals surface area contributed by atoms with Gasteiger partial charge in [0, 0.05) is 47.1 Å². The second kappa shape index (κ2) is 32.5. The fourth-order valence-electron chi connectivity index (χ4n) is 8.71. The van der Waals surface area contributed by atoms with Crippen LogP contribution in [0.25, 0.3) is 0 Å². The maximum Gasteiger partial charge on any atom is 0.137 e. The van der Waals surface area contributed by atoms with Gasteiger partial charge >= 0.3 is 0 Å². The third kappa shape index (κ3) is 21.2. The zero-order valence-corrected chi connectivity index (χ0v) is 43.6. The monoisotopic (exact) mass is 877 g/mol. The summed E-state index contributed by atoms with van der Waals surface area (Å²) in [5.74, 6) is 2.23. The summed E-state index contributed by atoms with van der Waals surface area (Å²) in [5, 5.41) is 10.5. The lowest BCUT2D eigenvalue weighted by Crippen LogP contribution is -2.27. The second-order valence-electron chi connectivity index (χ2n) is 18.3. The van der Waals surface area contributed by atoms with Crippen molar-refractivity contribution in [1.82, 2.24) is 16.0 Å². The summed E-state index contributed by atoms with van der Waals surface area (Å²) < 4.78 is 0. The van der Waals surface area contributed by atoms with Crippen LogP contribution in [0.5, 0.6) is 0 Å². The van der Waals surface area contributed by atoms with Gasteiger partial charge in [0.2, 0.25) is 0 Å². The Bertz CT molecular complexity index is 1750. The normalized spacial score (nSPS) is 18.2. The largest absolute Gasteiger partial charge is 0.386 e. The fraction of sp³-hybridized carbons (Fsp3) is 0.593. The standard InChI is InChI=1S/C28H42N2O.C18H31N.C11H17N.C2H6/c1-7-24-14-16-25(17-15-24)18-19-28(30-26-12-10-9-11-13-26)29-22(5)20(3)21(4)27(8-2)23(6)31;1-5-17(15(2)3)12-8-6-7-11-16(4)19-18-13-9-10-14-18;1-6-11-8(3)7(2)9(4)12-10(11)5;1-2/h14-17,26-27H,4,7-13,18-19H2,1-3,5-6H3,(H,29,30);6,8,12,15,18-19H,4-5,7,9-11,13-14H2,1-3H3;11-12H,3,5-6H2,1-2,4H3;1-2H3/b22-20+;8-6+,17-12-;;. The molecule has 64 heavy (non-hydrogen) atoms. The summed E-state index contributed by atoms with van der Waals surface area (Å²) in [7, 11) is 0. The second-order valence-corrected chi connectivity index (χ2v) is 18.3. The van der Waals surface area contributed by atoms with Crippen LogP contribution in [0.4, 0.5) is 0 Å². The molecule has 5 nitrogen and oxygen atoms in total. The first-order valence-electron chi connectivity index (χ1n) is 25.5. The van der Waals surface area contributed by atoms with E-state index in [2.05, 4.69) is 147 Å². The highest BCUT2D eigenvalue weighted by Gasteiger charge is 2.22. The van der Waals surface area contributed by atoms with Crippen LogP contribution in [-0.2, 0) is 17.6 Å². The number of carbonyl (C=O) groups excluding carboxylic acids is 1. The molecule has 1 aliphatic heterocycles. The summed E-state index contributed by atoms with van der Waals surface area (Å²) in [6, 6.07) is 10.1. The van der Waals surface area contributed by atoms with Crippen molar-refractivity contribution in [3.63, 3.8) is 0 Å². The van der Waals surface area contributed by atoms with E-state index in [0.717, 1.165) is 79.7 Å². The molecule has 5 heteroatoms. The first-order chi connectivity index (χ1) is 30.6. The Balaban J connectivity index is 0.000000524. The van der Waals surface area contributed by atoms with Crippen LogP contribution in [0.3, 0.4) is 0 Å². The van der Waals surface area contributed by atoms with Crippen LogP contribution in [0.1, 0.15) is 197 Å². The average Bonchev–Trinajstić information content (AvgIpc) is 3.80. The predicted molar refractivity (Wildman–Crippen MR) is 285 cm³/mol. The third-order valence-corrected chi connectivity index (χ3v) is 13.3. The van der Waals surface area contributed by atoms with E-state index in [4.69, 9.17) is 4.99 Å². The number of hydrogen-bond acceptors (Lipinski definition) is 4. The van der Waals surface area contributed by atoms with Crippen molar-refractivity contribution in [3.05, 3.63) is 131 Å². The molecular formula is C59H96N4O. The van der Waals surface area contributed by atoms with Crippen LogP contribution in [0, 0.1) is 17.8 Å². The molecule has 3 aliphatic rings. The maximum absolute atomic E-state index is 12.0. The number of ketones is 1. The Labute approximate surface area is 395 Å². The molecule has 2 atom stereocenters. The molecule has 2 unspecified atom stereocenters. The summed E-state index contributed by atoms with van der Waals surface area (Å²) >= 11 is 0. The minimum absolute atomic E-state index is 0.104. The molecule has 1 aromatic rings. The van der Waals surface area contributed by atoms with E-state index in [-0.39, 0.29) is 11.7 Å². The maximum atomic E-state index is 12.0. The molecule has 358 valence electrons. The zero-order chi connectivity index (χ0) is 48.2. The van der Waals surface area contributed by atoms with E-state index < -0.39 is 0 Å². The number of aryl methyl sites for hydroxylation is 2. The minimum atomic E-state index is -0.104. The van der Waals surface area contributed by atoms with Gasteiger partial charge in [-0.3, -0.25) is 9.79 Å². The molecule has 0 spiro atoms. The Morgan fingerprint density at radius 3 is 2.00 bits per heavy atom. The Hall–Kier alpha value is -4.12. The molecular weight excluding hydrogens is 781 g/mol. The number of rotatable bonds is 19. The summed E-state index contributed by atoms with van der Waals surface area (Å²) in [4.78, 5) is 17.1. The average molecular weight is 877 g/mol. The number of benzene rings is 1. The van der Waals surface area contributed by atoms with E-state index in [0.29, 0.717) is 23.9 Å². The molecule has 1 heterocycles. The quantitative estimate of drug-likeness (QED) is 0.0736. The lowest BCUT2D eigenvalue weighted by Gasteiger charge is -2.29. The first-order valence-corrected chi connectivity index (χ1v) is 25.5. The molecule has 0 radical (unpaired) electrons. The molecule has 3 N–H and O–H groups in total. The smallest absolute Gasteiger partial charge is 0.137 e. The molecule has 0 amide bonds. The number of allylic oxidation sites excluding steroid dienone is 11. The number of amidine groups is 1. The van der Waals surface area contributed by atoms with Gasteiger partial charge in [0.25, 0.3) is 0 Å². The number of hydrogen-bond donors (Lipinski definition) is 3. The van der Waals surface area contributed by atoms with E-state index in [1.54, 1.807) is 6.92 Å². The van der Waals surface area contributed by atoms with Crippen molar-refractivity contribution in [2.24, 2.45) is 22.7 Å². The van der Waals surface area contributed by atoms with E-state index in [1.165, 1.54) is 97.0 Å². The van der Waals surface area contributed by atoms with E-state index in [1.807, 2.05) is 20.8 Å². The van der Waals surface area contributed by atoms with Crippen LogP contribution in [0.2, 0.25) is 0 Å². The highest BCUT2D eigenvalue weighted by Crippen LogP contribution is 2.32. The van der Waals surface area contributed by atoms with Crippen molar-refractivity contribution in [2.45, 2.75) is 211 Å². The van der Waals surface area contributed by atoms with Gasteiger partial charge in [-0.1, -0.05) is 162 Å². The first kappa shape index (κ1) is 57.9. The molecule has 2 aliphatic carbocycles. The minimum Gasteiger partial charge on any atom is -0.386 e. The molecule has 4 rings (SSSR count). The van der Waals surface area contributed by atoms with E-state index in [9.17, 15) is 4.79 Å². The third-order valence-electron chi connectivity index (χ3n) is 13.3. The topological polar surface area (TPSA) is 65.5 Å². The highest BCUT2D eigenvalue weighted by atomic mass is 16.1. The number of nitrogens with zero attached hydrogens (tertiary/aromatic N) is 1. The molecule has 0 aromatic heterocycles. The molecule has 2 saturated carbocycles. The van der Waals surface area contributed by atoms with Gasteiger partial charge in [-0.2, -0.15) is 0 Å². The zero-order valence-electron chi connectivity index (χ0n) is 43.6. The van der Waals surface area contributed by atoms with Crippen molar-refractivity contribution in [2.75, 3.05) is 0 Å². The SMILES string of the molecule is C=C(/C(C)=C(\C)NC(CCc1ccc(CC)cc1)=NC1CCCCC1)C(CC)C(C)=O.C=C(CC/C=C/C=C(/CC)C(C)C)NC1CCCC1.C=C1NC(C)=C(C)C(=C)C1CC.CC. The fourth-order valence-corrected chi connectivity index (χ4v) is 8.71. The van der Waals surface area contributed by atoms with Gasteiger partial charge in [0.05, 0.1) is 6.04 Å². The Morgan fingerprint density at radius 2 is 1.47 bits per heavy atom. The summed E-state index contributed by atoms with van der Waals surface area (Å²) in [6.07, 6.45) is 26.5. The van der Waals surface area contributed by atoms with Gasteiger partial charge in [0.15, 0.2) is 0 Å². The summed E-state index contributed by atoms with van der Waals surface area (Å²) in [6.45, 7) is 43.6. The van der Waals surface area contributed by atoms with Gasteiger partial charge in [-0.25, -0.2) is 0 Å². The van der Waals surface area contributed by atoms with Crippen LogP contribution >= 0.6 is 0 Å². The lowest BCUT2D eigenvalue weighted by atomic mass is 9.86. The number of nitrogens with one attached hydrogen (secondary N) is 3. The Kier molecular flexibility index (Phi) is 29.4. The van der Waals surface area contributed by atoms with Gasteiger partial charge < -0.3 is 16.0 Å². The molecule has 2 fully saturated rings. The number of carbonyl (C=O) groups is 1. The molecule has 0 bridgehead atoms. The van der Waals surface area contributed by atoms with Gasteiger partial charge in [-0.05, 0) is 145 Å². The summed E-state index contributed by atoms with van der Waals surface area (Å²) in [5.41, 5.74) is 13.3. The van der Waals surface area contributed by atoms with Crippen LogP contribution < -0.4 is 16.0 Å². The van der Waals surface area contributed by atoms with Crippen molar-refractivity contribution in [1.29, 1.82) is 0 Å². The number of aliphatic imine (C=N–C) groups is 1. The van der Waals surface area contributed by atoms with Crippen LogP contribution in [-0.4, -0.2) is 23.7 Å². The number of Topliss-reactive ketones (excluding diaryl/α,β-unsaturated/α-hetero) is 1.